The second-order valence-corrected chi connectivity index (χ2v) is 4.59. The summed E-state index contributed by atoms with van der Waals surface area (Å²) < 4.78 is 0. The fourth-order valence-corrected chi connectivity index (χ4v) is 2.42. The van der Waals surface area contributed by atoms with Gasteiger partial charge in [-0.2, -0.15) is 0 Å². The van der Waals surface area contributed by atoms with Gasteiger partial charge < -0.3 is 15.6 Å². The predicted molar refractivity (Wildman–Crippen MR) is 71.8 cm³/mol. The van der Waals surface area contributed by atoms with Crippen molar-refractivity contribution >= 4 is 5.82 Å². The third kappa shape index (κ3) is 2.88. The van der Waals surface area contributed by atoms with E-state index in [1.165, 1.54) is 6.33 Å². The number of nitrogens with two attached hydrogens (primary N) is 1. The van der Waals surface area contributed by atoms with Crippen LogP contribution in [0.5, 0.6) is 0 Å². The number of hydrogen-bond donors (Lipinski definition) is 2. The van der Waals surface area contributed by atoms with Crippen LogP contribution in [0.15, 0.2) is 17.2 Å². The fraction of sp³-hybridized carbons (Fsp3) is 0.667. The lowest BCUT2D eigenvalue weighted by Crippen LogP contribution is -2.52. The van der Waals surface area contributed by atoms with Crippen molar-refractivity contribution in [1.29, 1.82) is 0 Å². The number of aromatic amines is 1. The lowest BCUT2D eigenvalue weighted by Gasteiger charge is -2.39. The summed E-state index contributed by atoms with van der Waals surface area (Å²) in [4.78, 5) is 22.6. The van der Waals surface area contributed by atoms with E-state index < -0.39 is 0 Å². The second kappa shape index (κ2) is 5.97. The second-order valence-electron chi connectivity index (χ2n) is 4.59. The number of nitrogens with zero attached hydrogens (tertiary/aromatic N) is 3. The van der Waals surface area contributed by atoms with Gasteiger partial charge in [-0.3, -0.25) is 9.69 Å². The molecule has 0 radical (unpaired) electrons. The smallest absolute Gasteiger partial charge is 0.252 e. The maximum Gasteiger partial charge on any atom is 0.252 e. The van der Waals surface area contributed by atoms with Gasteiger partial charge in [-0.1, -0.05) is 6.92 Å². The van der Waals surface area contributed by atoms with Gasteiger partial charge in [0.15, 0.2) is 0 Å². The van der Waals surface area contributed by atoms with Crippen LogP contribution in [0.4, 0.5) is 5.82 Å². The summed E-state index contributed by atoms with van der Waals surface area (Å²) in [7, 11) is 0. The summed E-state index contributed by atoms with van der Waals surface area (Å²) in [5.41, 5.74) is 5.67. The first-order valence-electron chi connectivity index (χ1n) is 6.48. The highest BCUT2D eigenvalue weighted by molar-refractivity contribution is 5.37. The first kappa shape index (κ1) is 13.0. The molecule has 0 bridgehead atoms. The molecule has 0 saturated carbocycles. The van der Waals surface area contributed by atoms with E-state index in [0.29, 0.717) is 12.6 Å². The van der Waals surface area contributed by atoms with Crippen LogP contribution in [0.3, 0.4) is 0 Å². The molecule has 6 nitrogen and oxygen atoms in total. The predicted octanol–water partition coefficient (Wildman–Crippen LogP) is -0.371. The number of nitrogens with one attached hydrogen (secondary N) is 1. The maximum absolute atomic E-state index is 11.2. The van der Waals surface area contributed by atoms with Crippen molar-refractivity contribution in [2.75, 3.05) is 37.6 Å². The number of piperazine rings is 1. The SMILES string of the molecule is CCC(CN)N1CCN(c2cc(=O)[nH]cn2)CC1. The molecule has 2 rings (SSSR count). The zero-order valence-corrected chi connectivity index (χ0v) is 10.8. The summed E-state index contributed by atoms with van der Waals surface area (Å²) in [6.45, 7) is 6.62. The highest BCUT2D eigenvalue weighted by atomic mass is 16.1. The van der Waals surface area contributed by atoms with Gasteiger partial charge in [0.05, 0.1) is 6.33 Å². The van der Waals surface area contributed by atoms with Crippen molar-refractivity contribution in [2.45, 2.75) is 19.4 Å². The number of rotatable bonds is 4. The van der Waals surface area contributed by atoms with E-state index in [1.54, 1.807) is 6.07 Å². The molecule has 1 aliphatic heterocycles. The largest absolute Gasteiger partial charge is 0.354 e. The minimum atomic E-state index is -0.101. The van der Waals surface area contributed by atoms with Crippen molar-refractivity contribution in [1.82, 2.24) is 14.9 Å². The Morgan fingerprint density at radius 3 is 2.72 bits per heavy atom. The molecule has 18 heavy (non-hydrogen) atoms. The zero-order valence-electron chi connectivity index (χ0n) is 10.8. The van der Waals surface area contributed by atoms with Crippen molar-refractivity contribution in [3.8, 4) is 0 Å². The Morgan fingerprint density at radius 1 is 1.44 bits per heavy atom. The maximum atomic E-state index is 11.2. The lowest BCUT2D eigenvalue weighted by atomic mass is 10.1. The average molecular weight is 251 g/mol. The molecular weight excluding hydrogens is 230 g/mol. The van der Waals surface area contributed by atoms with Crippen molar-refractivity contribution in [3.63, 3.8) is 0 Å². The van der Waals surface area contributed by atoms with Gasteiger partial charge in [-0.05, 0) is 6.42 Å². The molecule has 1 fully saturated rings. The molecule has 2 heterocycles. The van der Waals surface area contributed by atoms with Gasteiger partial charge in [0, 0.05) is 44.8 Å². The molecule has 0 aliphatic carbocycles. The van der Waals surface area contributed by atoms with E-state index in [-0.39, 0.29) is 5.56 Å². The van der Waals surface area contributed by atoms with Gasteiger partial charge in [0.25, 0.3) is 5.56 Å². The molecule has 0 amide bonds. The summed E-state index contributed by atoms with van der Waals surface area (Å²) in [6, 6.07) is 2.02. The Hall–Kier alpha value is -1.40. The third-order valence-corrected chi connectivity index (χ3v) is 3.56. The van der Waals surface area contributed by atoms with E-state index in [0.717, 1.165) is 38.4 Å². The first-order valence-corrected chi connectivity index (χ1v) is 6.48. The lowest BCUT2D eigenvalue weighted by molar-refractivity contribution is 0.184. The topological polar surface area (TPSA) is 78.2 Å². The average Bonchev–Trinajstić information content (AvgIpc) is 2.41. The molecule has 1 aromatic heterocycles. The van der Waals surface area contributed by atoms with Crippen LogP contribution in [0.25, 0.3) is 0 Å². The molecule has 100 valence electrons. The van der Waals surface area contributed by atoms with Crippen LogP contribution in [0, 0.1) is 0 Å². The summed E-state index contributed by atoms with van der Waals surface area (Å²) in [6.07, 6.45) is 2.54. The highest BCUT2D eigenvalue weighted by Gasteiger charge is 2.22. The third-order valence-electron chi connectivity index (χ3n) is 3.56. The van der Waals surface area contributed by atoms with E-state index in [1.807, 2.05) is 0 Å². The molecule has 1 saturated heterocycles. The Balaban J connectivity index is 1.96. The molecule has 0 spiro atoms. The zero-order chi connectivity index (χ0) is 13.0. The molecule has 0 aromatic carbocycles. The molecule has 1 unspecified atom stereocenters. The minimum absolute atomic E-state index is 0.101. The van der Waals surface area contributed by atoms with Gasteiger partial charge in [0.2, 0.25) is 0 Å². The van der Waals surface area contributed by atoms with Crippen LogP contribution >= 0.6 is 0 Å². The number of aromatic nitrogens is 2. The van der Waals surface area contributed by atoms with Crippen LogP contribution in [-0.4, -0.2) is 53.6 Å². The van der Waals surface area contributed by atoms with Gasteiger partial charge >= 0.3 is 0 Å². The van der Waals surface area contributed by atoms with Crippen LogP contribution in [0.2, 0.25) is 0 Å². The monoisotopic (exact) mass is 251 g/mol. The summed E-state index contributed by atoms with van der Waals surface area (Å²) in [5, 5.41) is 0. The quantitative estimate of drug-likeness (QED) is 0.763. The van der Waals surface area contributed by atoms with E-state index >= 15 is 0 Å². The van der Waals surface area contributed by atoms with Gasteiger partial charge in [-0.25, -0.2) is 4.98 Å². The fourth-order valence-electron chi connectivity index (χ4n) is 2.42. The number of hydrogen-bond acceptors (Lipinski definition) is 5. The molecule has 3 N–H and O–H groups in total. The normalized spacial score (nSPS) is 18.9. The Bertz CT molecular complexity index is 420. The van der Waals surface area contributed by atoms with E-state index in [2.05, 4.69) is 26.7 Å². The van der Waals surface area contributed by atoms with Gasteiger partial charge in [-0.15, -0.1) is 0 Å². The Labute approximate surface area is 107 Å². The molecule has 1 atom stereocenters. The molecular formula is C12H21N5O. The van der Waals surface area contributed by atoms with Crippen molar-refractivity contribution in [3.05, 3.63) is 22.7 Å². The van der Waals surface area contributed by atoms with Crippen LogP contribution in [-0.2, 0) is 0 Å². The first-order chi connectivity index (χ1) is 8.74. The summed E-state index contributed by atoms with van der Waals surface area (Å²) >= 11 is 0. The molecule has 1 aliphatic rings. The van der Waals surface area contributed by atoms with Crippen LogP contribution < -0.4 is 16.2 Å². The number of anilines is 1. The Kier molecular flexibility index (Phi) is 4.33. The van der Waals surface area contributed by atoms with Crippen molar-refractivity contribution < 1.29 is 0 Å². The minimum Gasteiger partial charge on any atom is -0.354 e. The van der Waals surface area contributed by atoms with Crippen molar-refractivity contribution in [2.24, 2.45) is 5.73 Å². The Morgan fingerprint density at radius 2 is 2.17 bits per heavy atom. The van der Waals surface area contributed by atoms with E-state index in [9.17, 15) is 4.79 Å². The van der Waals surface area contributed by atoms with E-state index in [4.69, 9.17) is 5.73 Å². The molecule has 1 aromatic rings. The number of H-pyrrole nitrogens is 1. The van der Waals surface area contributed by atoms with Gasteiger partial charge in [0.1, 0.15) is 5.82 Å². The summed E-state index contributed by atoms with van der Waals surface area (Å²) in [5.74, 6) is 0.763. The van der Waals surface area contributed by atoms with Crippen LogP contribution in [0.1, 0.15) is 13.3 Å². The standard InChI is InChI=1S/C12H21N5O/c1-2-10(8-13)16-3-5-17(6-4-16)11-7-12(18)15-9-14-11/h7,9-10H,2-6,8,13H2,1H3,(H,14,15,18). The highest BCUT2D eigenvalue weighted by Crippen LogP contribution is 2.13. The molecule has 6 heteroatoms.